The average Bonchev–Trinajstić information content (AvgIpc) is 3.48. The van der Waals surface area contributed by atoms with Gasteiger partial charge in [-0.2, -0.15) is 0 Å². The Morgan fingerprint density at radius 2 is 1.93 bits per heavy atom. The van der Waals surface area contributed by atoms with Gasteiger partial charge >= 0.3 is 0 Å². The molecule has 2 amide bonds. The summed E-state index contributed by atoms with van der Waals surface area (Å²) in [6.07, 6.45) is 5.05. The molecule has 0 saturated heterocycles. The number of amides is 2. The summed E-state index contributed by atoms with van der Waals surface area (Å²) in [6, 6.07) is 13.1. The van der Waals surface area contributed by atoms with Crippen molar-refractivity contribution >= 4 is 21.7 Å². The second kappa shape index (κ2) is 17.1. The molecule has 44 heavy (non-hydrogen) atoms. The Kier molecular flexibility index (Phi) is 13.6. The van der Waals surface area contributed by atoms with Gasteiger partial charge in [0.15, 0.2) is 9.84 Å². The van der Waals surface area contributed by atoms with Gasteiger partial charge in [-0.1, -0.05) is 44.2 Å². The van der Waals surface area contributed by atoms with Crippen molar-refractivity contribution in [2.75, 3.05) is 40.0 Å². The van der Waals surface area contributed by atoms with Gasteiger partial charge in [-0.3, -0.25) is 20.3 Å². The summed E-state index contributed by atoms with van der Waals surface area (Å²) in [4.78, 5) is 26.4. The molecule has 4 N–H and O–H groups in total. The lowest BCUT2D eigenvalue weighted by Crippen LogP contribution is -2.60. The highest BCUT2D eigenvalue weighted by molar-refractivity contribution is 7.92. The summed E-state index contributed by atoms with van der Waals surface area (Å²) in [5.74, 6) is 1.81. The minimum atomic E-state index is -3.85. The van der Waals surface area contributed by atoms with Crippen LogP contribution < -0.4 is 20.8 Å². The Hall–Kier alpha value is -3.47. The fourth-order valence-electron chi connectivity index (χ4n) is 5.00. The smallest absolute Gasteiger partial charge is 0.252 e. The molecule has 0 aromatic heterocycles. The van der Waals surface area contributed by atoms with Crippen molar-refractivity contribution in [1.82, 2.24) is 21.1 Å². The first-order chi connectivity index (χ1) is 21.1. The highest BCUT2D eigenvalue weighted by Gasteiger charge is 2.35. The topological polar surface area (TPSA) is 146 Å². The normalized spacial score (nSPS) is 14.6. The number of aliphatic hydroxyl groups excluding tert-OH is 1. The van der Waals surface area contributed by atoms with E-state index < -0.39 is 39.2 Å². The Morgan fingerprint density at radius 1 is 1.18 bits per heavy atom. The SMILES string of the molecule is C#CCCC(=O)N(NC(=O)CNCCOC)C(Cc1ccccc1)[C@H](O)CNC(C(C)C)S(=O)(=O)c1ccc2c(c1)CCO2. The van der Waals surface area contributed by atoms with Gasteiger partial charge in [0.25, 0.3) is 5.91 Å². The van der Waals surface area contributed by atoms with Gasteiger partial charge in [-0.05, 0) is 41.7 Å². The number of sulfone groups is 1. The third kappa shape index (κ3) is 9.77. The number of ether oxygens (including phenoxy) is 2. The van der Waals surface area contributed by atoms with Gasteiger partial charge < -0.3 is 19.9 Å². The molecule has 1 heterocycles. The van der Waals surface area contributed by atoms with E-state index in [2.05, 4.69) is 22.0 Å². The number of carbonyl (C=O) groups is 2. The fourth-order valence-corrected chi connectivity index (χ4v) is 6.89. The lowest BCUT2D eigenvalue weighted by atomic mass is 9.99. The molecule has 11 nitrogen and oxygen atoms in total. The number of hydrazine groups is 1. The van der Waals surface area contributed by atoms with Gasteiger partial charge in [0.1, 0.15) is 11.1 Å². The van der Waals surface area contributed by atoms with E-state index in [1.165, 1.54) is 6.07 Å². The van der Waals surface area contributed by atoms with Crippen LogP contribution in [0.2, 0.25) is 0 Å². The number of terminal acetylenes is 1. The first-order valence-electron chi connectivity index (χ1n) is 14.8. The Morgan fingerprint density at radius 3 is 2.61 bits per heavy atom. The fraction of sp³-hybridized carbons (Fsp3) is 0.500. The zero-order chi connectivity index (χ0) is 32.1. The summed E-state index contributed by atoms with van der Waals surface area (Å²) < 4.78 is 38.0. The number of fused-ring (bicyclic) bond motifs is 1. The monoisotopic (exact) mass is 628 g/mol. The molecular formula is C32H44N4O7S. The van der Waals surface area contributed by atoms with Crippen molar-refractivity contribution in [2.45, 2.75) is 61.9 Å². The molecule has 0 aliphatic carbocycles. The first-order valence-corrected chi connectivity index (χ1v) is 16.3. The van der Waals surface area contributed by atoms with E-state index in [4.69, 9.17) is 15.9 Å². The molecule has 3 rings (SSSR count). The predicted octanol–water partition coefficient (Wildman–Crippen LogP) is 1.45. The highest BCUT2D eigenvalue weighted by atomic mass is 32.2. The van der Waals surface area contributed by atoms with E-state index >= 15 is 0 Å². The molecular weight excluding hydrogens is 584 g/mol. The van der Waals surface area contributed by atoms with E-state index in [1.807, 2.05) is 30.3 Å². The summed E-state index contributed by atoms with van der Waals surface area (Å²) >= 11 is 0. The van der Waals surface area contributed by atoms with Crippen LogP contribution in [0.15, 0.2) is 53.4 Å². The van der Waals surface area contributed by atoms with E-state index in [9.17, 15) is 23.1 Å². The molecule has 2 unspecified atom stereocenters. The maximum absolute atomic E-state index is 13.8. The molecule has 0 fully saturated rings. The lowest BCUT2D eigenvalue weighted by Gasteiger charge is -2.36. The summed E-state index contributed by atoms with van der Waals surface area (Å²) in [7, 11) is -2.30. The van der Waals surface area contributed by atoms with Crippen LogP contribution >= 0.6 is 0 Å². The van der Waals surface area contributed by atoms with Gasteiger partial charge in [0.2, 0.25) is 5.91 Å². The van der Waals surface area contributed by atoms with Crippen molar-refractivity contribution in [3.63, 3.8) is 0 Å². The predicted molar refractivity (Wildman–Crippen MR) is 167 cm³/mol. The van der Waals surface area contributed by atoms with Crippen molar-refractivity contribution < 1.29 is 32.6 Å². The van der Waals surface area contributed by atoms with Crippen molar-refractivity contribution in [1.29, 1.82) is 0 Å². The standard InChI is InChI=1S/C32H44N4O7S/c1-5-6-12-31(39)36(35-30(38)22-33-16-18-42-4)27(19-24-10-8-7-9-11-24)28(37)21-34-32(23(2)3)44(40,41)26-13-14-29-25(20-26)15-17-43-29/h1,7-11,13-14,20,23,27-28,32-34,37H,6,12,15-19,21-22H2,2-4H3,(H,35,38)/t27?,28-,32?/m1/s1. The molecule has 1 aliphatic heterocycles. The average molecular weight is 629 g/mol. The van der Waals surface area contributed by atoms with Gasteiger partial charge in [0.05, 0.1) is 36.8 Å². The zero-order valence-corrected chi connectivity index (χ0v) is 26.4. The van der Waals surface area contributed by atoms with Crippen LogP contribution in [0.5, 0.6) is 5.75 Å². The molecule has 0 bridgehead atoms. The zero-order valence-electron chi connectivity index (χ0n) is 25.6. The van der Waals surface area contributed by atoms with Crippen LogP contribution in [0.25, 0.3) is 0 Å². The number of nitrogens with zero attached hydrogens (tertiary/aromatic N) is 1. The van der Waals surface area contributed by atoms with Crippen LogP contribution in [-0.4, -0.2) is 87.8 Å². The van der Waals surface area contributed by atoms with E-state index in [0.717, 1.165) is 16.1 Å². The van der Waals surface area contributed by atoms with E-state index in [-0.39, 0.29) is 43.2 Å². The Labute approximate surface area is 260 Å². The molecule has 0 saturated carbocycles. The molecule has 0 spiro atoms. The molecule has 2 aromatic carbocycles. The first kappa shape index (κ1) is 35.0. The largest absolute Gasteiger partial charge is 0.493 e. The van der Waals surface area contributed by atoms with Gasteiger partial charge in [0, 0.05) is 39.5 Å². The Bertz CT molecular complexity index is 1380. The van der Waals surface area contributed by atoms with Crippen LogP contribution in [0.3, 0.4) is 0 Å². The number of aliphatic hydroxyl groups is 1. The molecule has 3 atom stereocenters. The molecule has 1 aliphatic rings. The molecule has 240 valence electrons. The quantitative estimate of drug-likeness (QED) is 0.116. The molecule has 0 radical (unpaired) electrons. The number of methoxy groups -OCH3 is 1. The van der Waals surface area contributed by atoms with Crippen LogP contribution in [-0.2, 0) is 37.0 Å². The van der Waals surface area contributed by atoms with Crippen molar-refractivity contribution in [3.05, 3.63) is 59.7 Å². The maximum atomic E-state index is 13.8. The third-order valence-electron chi connectivity index (χ3n) is 7.29. The summed E-state index contributed by atoms with van der Waals surface area (Å²) in [5, 5.41) is 17.7. The number of benzene rings is 2. The van der Waals surface area contributed by atoms with Crippen LogP contribution in [0, 0.1) is 18.3 Å². The summed E-state index contributed by atoms with van der Waals surface area (Å²) in [5.41, 5.74) is 4.30. The van der Waals surface area contributed by atoms with Crippen molar-refractivity contribution in [2.24, 2.45) is 5.92 Å². The second-order valence-corrected chi connectivity index (χ2v) is 13.1. The minimum Gasteiger partial charge on any atom is -0.493 e. The number of hydrogen-bond acceptors (Lipinski definition) is 9. The molecule has 12 heteroatoms. The Balaban J connectivity index is 1.86. The summed E-state index contributed by atoms with van der Waals surface area (Å²) in [6.45, 7) is 4.65. The number of rotatable bonds is 17. The highest BCUT2D eigenvalue weighted by Crippen LogP contribution is 2.30. The van der Waals surface area contributed by atoms with Gasteiger partial charge in [-0.15, -0.1) is 12.3 Å². The van der Waals surface area contributed by atoms with E-state index in [0.29, 0.717) is 31.9 Å². The maximum Gasteiger partial charge on any atom is 0.252 e. The molecule has 2 aromatic rings. The van der Waals surface area contributed by atoms with E-state index in [1.54, 1.807) is 33.1 Å². The van der Waals surface area contributed by atoms with Crippen LogP contribution in [0.1, 0.15) is 37.8 Å². The minimum absolute atomic E-state index is 0.0512. The third-order valence-corrected chi connectivity index (χ3v) is 9.58. The van der Waals surface area contributed by atoms with Crippen LogP contribution in [0.4, 0.5) is 0 Å². The second-order valence-electron chi connectivity index (χ2n) is 11.0. The number of hydrogen-bond donors (Lipinski definition) is 4. The van der Waals surface area contributed by atoms with Crippen molar-refractivity contribution in [3.8, 4) is 18.1 Å². The van der Waals surface area contributed by atoms with Gasteiger partial charge in [-0.25, -0.2) is 13.4 Å². The number of nitrogens with one attached hydrogen (secondary N) is 3. The number of carbonyl (C=O) groups excluding carboxylic acids is 2. The lowest BCUT2D eigenvalue weighted by molar-refractivity contribution is -0.147.